The number of terminal acetylenes is 1. The van der Waals surface area contributed by atoms with Crippen LogP contribution in [0.15, 0.2) is 24.3 Å². The van der Waals surface area contributed by atoms with Crippen molar-refractivity contribution in [1.29, 1.82) is 0 Å². The molecule has 0 aliphatic heterocycles. The Bertz CT molecular complexity index is 423. The lowest BCUT2D eigenvalue weighted by molar-refractivity contribution is -0.274. The zero-order valence-electron chi connectivity index (χ0n) is 9.92. The van der Waals surface area contributed by atoms with Crippen LogP contribution in [0.5, 0.6) is 5.75 Å². The lowest BCUT2D eigenvalue weighted by atomic mass is 10.1. The fraction of sp³-hybridized carbons (Fsp3) is 0.385. The fourth-order valence-corrected chi connectivity index (χ4v) is 1.41. The molecular weight excluding hydrogens is 243 g/mol. The molecule has 0 aliphatic rings. The van der Waals surface area contributed by atoms with Crippen LogP contribution in [0.1, 0.15) is 18.9 Å². The van der Waals surface area contributed by atoms with Crippen LogP contribution in [0.2, 0.25) is 0 Å². The van der Waals surface area contributed by atoms with E-state index in [1.165, 1.54) is 12.1 Å². The van der Waals surface area contributed by atoms with E-state index in [0.717, 1.165) is 0 Å². The summed E-state index contributed by atoms with van der Waals surface area (Å²) in [6.45, 7) is 2.14. The van der Waals surface area contributed by atoms with Crippen molar-refractivity contribution in [3.8, 4) is 18.1 Å². The summed E-state index contributed by atoms with van der Waals surface area (Å²) < 4.78 is 40.5. The van der Waals surface area contributed by atoms with Crippen LogP contribution in [0.3, 0.4) is 0 Å². The van der Waals surface area contributed by atoms with Gasteiger partial charge in [0.1, 0.15) is 5.75 Å². The molecule has 0 amide bonds. The number of hydrogen-bond acceptors (Lipinski definition) is 2. The number of para-hydroxylation sites is 1. The number of hydrogen-bond donors (Lipinski definition) is 1. The quantitative estimate of drug-likeness (QED) is 0.818. The number of benzene rings is 1. The molecule has 0 radical (unpaired) electrons. The molecular formula is C13H14F3NO. The van der Waals surface area contributed by atoms with Gasteiger partial charge in [0.2, 0.25) is 0 Å². The highest BCUT2D eigenvalue weighted by molar-refractivity contribution is 5.33. The predicted molar refractivity (Wildman–Crippen MR) is 62.9 cm³/mol. The van der Waals surface area contributed by atoms with E-state index in [2.05, 4.69) is 16.0 Å². The number of ether oxygens (including phenoxy) is 1. The van der Waals surface area contributed by atoms with Crippen molar-refractivity contribution < 1.29 is 17.9 Å². The summed E-state index contributed by atoms with van der Waals surface area (Å²) in [7, 11) is 0. The average molecular weight is 257 g/mol. The van der Waals surface area contributed by atoms with Gasteiger partial charge in [-0.2, -0.15) is 0 Å². The van der Waals surface area contributed by atoms with Crippen LogP contribution in [-0.2, 0) is 6.54 Å². The van der Waals surface area contributed by atoms with Gasteiger partial charge in [-0.25, -0.2) is 0 Å². The molecule has 2 nitrogen and oxygen atoms in total. The molecule has 1 unspecified atom stereocenters. The van der Waals surface area contributed by atoms with E-state index in [0.29, 0.717) is 12.0 Å². The second kappa shape index (κ2) is 6.31. The van der Waals surface area contributed by atoms with Gasteiger partial charge in [-0.05, 0) is 13.0 Å². The van der Waals surface area contributed by atoms with Gasteiger partial charge < -0.3 is 10.1 Å². The van der Waals surface area contributed by atoms with Gasteiger partial charge in [0, 0.05) is 24.6 Å². The van der Waals surface area contributed by atoms with E-state index < -0.39 is 6.36 Å². The van der Waals surface area contributed by atoms with Crippen LogP contribution < -0.4 is 10.1 Å². The molecule has 1 aromatic rings. The topological polar surface area (TPSA) is 21.3 Å². The van der Waals surface area contributed by atoms with Gasteiger partial charge in [-0.3, -0.25) is 0 Å². The van der Waals surface area contributed by atoms with Crippen molar-refractivity contribution in [3.63, 3.8) is 0 Å². The Labute approximate surface area is 104 Å². The van der Waals surface area contributed by atoms with Crippen molar-refractivity contribution in [2.75, 3.05) is 0 Å². The zero-order valence-corrected chi connectivity index (χ0v) is 9.92. The second-order valence-corrected chi connectivity index (χ2v) is 3.85. The van der Waals surface area contributed by atoms with E-state index in [1.54, 1.807) is 12.1 Å². The van der Waals surface area contributed by atoms with E-state index >= 15 is 0 Å². The van der Waals surface area contributed by atoms with Gasteiger partial charge in [-0.1, -0.05) is 18.2 Å². The molecule has 1 rings (SSSR count). The Morgan fingerprint density at radius 3 is 2.67 bits per heavy atom. The molecule has 0 saturated carbocycles. The molecule has 1 N–H and O–H groups in total. The summed E-state index contributed by atoms with van der Waals surface area (Å²) in [6, 6.07) is 6.06. The first kappa shape index (κ1) is 14.4. The molecule has 0 bridgehead atoms. The number of halogens is 3. The fourth-order valence-electron chi connectivity index (χ4n) is 1.41. The molecule has 1 aromatic carbocycles. The normalized spacial score (nSPS) is 12.8. The number of nitrogens with one attached hydrogen (secondary N) is 1. The van der Waals surface area contributed by atoms with Crippen molar-refractivity contribution in [2.45, 2.75) is 32.3 Å². The Hall–Kier alpha value is -1.67. The van der Waals surface area contributed by atoms with E-state index in [-0.39, 0.29) is 18.3 Å². The van der Waals surface area contributed by atoms with Crippen LogP contribution >= 0.6 is 0 Å². The monoisotopic (exact) mass is 257 g/mol. The third-order valence-electron chi connectivity index (χ3n) is 2.26. The van der Waals surface area contributed by atoms with Crippen molar-refractivity contribution in [1.82, 2.24) is 5.32 Å². The summed E-state index contributed by atoms with van der Waals surface area (Å²) in [5.74, 6) is 2.29. The number of alkyl halides is 3. The minimum Gasteiger partial charge on any atom is -0.405 e. The van der Waals surface area contributed by atoms with Crippen molar-refractivity contribution >= 4 is 0 Å². The molecule has 98 valence electrons. The van der Waals surface area contributed by atoms with E-state index in [1.807, 2.05) is 6.92 Å². The maximum Gasteiger partial charge on any atom is 0.573 e. The first-order valence-electron chi connectivity index (χ1n) is 5.43. The molecule has 18 heavy (non-hydrogen) atoms. The summed E-state index contributed by atoms with van der Waals surface area (Å²) in [5, 5.41) is 3.04. The Kier molecular flexibility index (Phi) is 5.05. The molecule has 1 atom stereocenters. The lowest BCUT2D eigenvalue weighted by Gasteiger charge is -2.15. The van der Waals surface area contributed by atoms with Crippen molar-refractivity contribution in [2.24, 2.45) is 0 Å². The first-order valence-corrected chi connectivity index (χ1v) is 5.43. The second-order valence-electron chi connectivity index (χ2n) is 3.85. The maximum absolute atomic E-state index is 12.2. The Balaban J connectivity index is 2.68. The third-order valence-corrected chi connectivity index (χ3v) is 2.26. The van der Waals surface area contributed by atoms with Gasteiger partial charge in [0.15, 0.2) is 0 Å². The largest absolute Gasteiger partial charge is 0.573 e. The van der Waals surface area contributed by atoms with Crippen LogP contribution in [-0.4, -0.2) is 12.4 Å². The van der Waals surface area contributed by atoms with Crippen molar-refractivity contribution in [3.05, 3.63) is 29.8 Å². The highest BCUT2D eigenvalue weighted by Gasteiger charge is 2.31. The molecule has 0 aliphatic carbocycles. The van der Waals surface area contributed by atoms with Gasteiger partial charge in [0.25, 0.3) is 0 Å². The summed E-state index contributed by atoms with van der Waals surface area (Å²) in [6.07, 6.45) is 0.984. The molecule has 0 fully saturated rings. The summed E-state index contributed by atoms with van der Waals surface area (Å²) in [4.78, 5) is 0. The zero-order chi connectivity index (χ0) is 13.6. The van der Waals surface area contributed by atoms with Gasteiger partial charge >= 0.3 is 6.36 Å². The highest BCUT2D eigenvalue weighted by atomic mass is 19.4. The molecule has 0 aromatic heterocycles. The Morgan fingerprint density at radius 2 is 2.06 bits per heavy atom. The number of rotatable bonds is 5. The third kappa shape index (κ3) is 5.11. The predicted octanol–water partition coefficient (Wildman–Crippen LogP) is 3.09. The minimum absolute atomic E-state index is 0.0361. The molecule has 5 heteroatoms. The Morgan fingerprint density at radius 1 is 1.39 bits per heavy atom. The standard InChI is InChI=1S/C13H14F3NO/c1-3-6-10(2)17-9-11-7-4-5-8-12(11)18-13(14,15)16/h1,4-5,7-8,10,17H,6,9H2,2H3. The summed E-state index contributed by atoms with van der Waals surface area (Å²) in [5.41, 5.74) is 0.443. The van der Waals surface area contributed by atoms with Crippen LogP contribution in [0.25, 0.3) is 0 Å². The smallest absolute Gasteiger partial charge is 0.405 e. The first-order chi connectivity index (χ1) is 8.42. The van der Waals surface area contributed by atoms with Crippen LogP contribution in [0, 0.1) is 12.3 Å². The molecule has 0 saturated heterocycles. The molecule has 0 spiro atoms. The van der Waals surface area contributed by atoms with Gasteiger partial charge in [-0.15, -0.1) is 25.5 Å². The lowest BCUT2D eigenvalue weighted by Crippen LogP contribution is -2.26. The van der Waals surface area contributed by atoms with E-state index in [9.17, 15) is 13.2 Å². The minimum atomic E-state index is -4.68. The summed E-state index contributed by atoms with van der Waals surface area (Å²) >= 11 is 0. The van der Waals surface area contributed by atoms with Gasteiger partial charge in [0.05, 0.1) is 0 Å². The average Bonchev–Trinajstić information content (AvgIpc) is 2.26. The van der Waals surface area contributed by atoms with Crippen LogP contribution in [0.4, 0.5) is 13.2 Å². The maximum atomic E-state index is 12.2. The molecule has 0 heterocycles. The van der Waals surface area contributed by atoms with E-state index in [4.69, 9.17) is 6.42 Å². The SMILES string of the molecule is C#CCC(C)NCc1ccccc1OC(F)(F)F. The highest BCUT2D eigenvalue weighted by Crippen LogP contribution is 2.26.